The average Bonchev–Trinajstić information content (AvgIpc) is 2.40. The summed E-state index contributed by atoms with van der Waals surface area (Å²) in [5.41, 5.74) is 2.40. The third-order valence-corrected chi connectivity index (χ3v) is 2.91. The molecule has 3 heteroatoms. The van der Waals surface area contributed by atoms with Gasteiger partial charge in [0, 0.05) is 11.7 Å². The SMILES string of the molecule is CC(Cc1ccccc1)Nc1cccc(C(=O)O)c1. The summed E-state index contributed by atoms with van der Waals surface area (Å²) in [6, 6.07) is 17.3. The van der Waals surface area contributed by atoms with Crippen molar-refractivity contribution in [2.75, 3.05) is 5.32 Å². The Morgan fingerprint density at radius 1 is 1.16 bits per heavy atom. The number of carboxylic acid groups (broad SMARTS) is 1. The summed E-state index contributed by atoms with van der Waals surface area (Å²) in [6.07, 6.45) is 0.901. The van der Waals surface area contributed by atoms with E-state index in [9.17, 15) is 4.79 Å². The van der Waals surface area contributed by atoms with Crippen LogP contribution in [0.25, 0.3) is 0 Å². The minimum Gasteiger partial charge on any atom is -0.478 e. The highest BCUT2D eigenvalue weighted by molar-refractivity contribution is 5.88. The fourth-order valence-corrected chi connectivity index (χ4v) is 2.05. The predicted molar refractivity (Wildman–Crippen MR) is 76.6 cm³/mol. The molecular formula is C16H17NO2. The standard InChI is InChI=1S/C16H17NO2/c1-12(10-13-6-3-2-4-7-13)17-15-9-5-8-14(11-15)16(18)19/h2-9,11-12,17H,10H2,1H3,(H,18,19). The zero-order chi connectivity index (χ0) is 13.7. The maximum absolute atomic E-state index is 10.9. The fraction of sp³-hybridized carbons (Fsp3) is 0.188. The first-order chi connectivity index (χ1) is 9.15. The Balaban J connectivity index is 2.01. The van der Waals surface area contributed by atoms with Crippen LogP contribution in [0.1, 0.15) is 22.8 Å². The van der Waals surface area contributed by atoms with Crippen molar-refractivity contribution in [3.8, 4) is 0 Å². The molecule has 1 unspecified atom stereocenters. The summed E-state index contributed by atoms with van der Waals surface area (Å²) in [6.45, 7) is 2.08. The van der Waals surface area contributed by atoms with Gasteiger partial charge < -0.3 is 10.4 Å². The van der Waals surface area contributed by atoms with Gasteiger partial charge in [-0.25, -0.2) is 4.79 Å². The van der Waals surface area contributed by atoms with Gasteiger partial charge in [0.25, 0.3) is 0 Å². The van der Waals surface area contributed by atoms with Gasteiger partial charge in [-0.05, 0) is 37.1 Å². The number of hydrogen-bond donors (Lipinski definition) is 2. The highest BCUT2D eigenvalue weighted by atomic mass is 16.4. The van der Waals surface area contributed by atoms with Gasteiger partial charge >= 0.3 is 5.97 Å². The van der Waals surface area contributed by atoms with E-state index in [0.717, 1.165) is 12.1 Å². The van der Waals surface area contributed by atoms with Gasteiger partial charge in [-0.2, -0.15) is 0 Å². The van der Waals surface area contributed by atoms with Crippen molar-refractivity contribution in [2.45, 2.75) is 19.4 Å². The van der Waals surface area contributed by atoms with Crippen LogP contribution in [0, 0.1) is 0 Å². The molecule has 0 saturated heterocycles. The average molecular weight is 255 g/mol. The van der Waals surface area contributed by atoms with Crippen molar-refractivity contribution >= 4 is 11.7 Å². The molecule has 0 aliphatic heterocycles. The molecular weight excluding hydrogens is 238 g/mol. The van der Waals surface area contributed by atoms with E-state index in [0.29, 0.717) is 5.56 Å². The molecule has 0 spiro atoms. The molecule has 98 valence electrons. The number of carboxylic acids is 1. The first kappa shape index (κ1) is 13.1. The van der Waals surface area contributed by atoms with Crippen LogP contribution in [0.2, 0.25) is 0 Å². The van der Waals surface area contributed by atoms with Crippen molar-refractivity contribution < 1.29 is 9.90 Å². The molecule has 0 aliphatic rings. The minimum absolute atomic E-state index is 0.242. The van der Waals surface area contributed by atoms with Gasteiger partial charge in [0.1, 0.15) is 0 Å². The topological polar surface area (TPSA) is 49.3 Å². The van der Waals surface area contributed by atoms with Crippen LogP contribution in [0.4, 0.5) is 5.69 Å². The Hall–Kier alpha value is -2.29. The van der Waals surface area contributed by atoms with Gasteiger partial charge in [-0.1, -0.05) is 36.4 Å². The van der Waals surface area contributed by atoms with Gasteiger partial charge in [0.05, 0.1) is 5.56 Å². The van der Waals surface area contributed by atoms with Gasteiger partial charge in [-0.3, -0.25) is 0 Å². The molecule has 0 bridgehead atoms. The van der Waals surface area contributed by atoms with E-state index in [1.807, 2.05) is 24.3 Å². The van der Waals surface area contributed by atoms with Crippen LogP contribution < -0.4 is 5.32 Å². The number of anilines is 1. The number of nitrogens with one attached hydrogen (secondary N) is 1. The van der Waals surface area contributed by atoms with Crippen molar-refractivity contribution in [1.82, 2.24) is 0 Å². The molecule has 0 aliphatic carbocycles. The first-order valence-corrected chi connectivity index (χ1v) is 6.29. The van der Waals surface area contributed by atoms with Crippen LogP contribution >= 0.6 is 0 Å². The molecule has 2 aromatic rings. The number of rotatable bonds is 5. The lowest BCUT2D eigenvalue weighted by Crippen LogP contribution is -2.18. The summed E-state index contributed by atoms with van der Waals surface area (Å²) in [5, 5.41) is 12.3. The molecule has 1 atom stereocenters. The Labute approximate surface area is 112 Å². The highest BCUT2D eigenvalue weighted by Crippen LogP contribution is 2.13. The van der Waals surface area contributed by atoms with Crippen LogP contribution in [0.3, 0.4) is 0 Å². The Morgan fingerprint density at radius 3 is 2.58 bits per heavy atom. The van der Waals surface area contributed by atoms with E-state index in [1.165, 1.54) is 5.56 Å². The van der Waals surface area contributed by atoms with E-state index < -0.39 is 5.97 Å². The molecule has 2 aromatic carbocycles. The predicted octanol–water partition coefficient (Wildman–Crippen LogP) is 3.43. The van der Waals surface area contributed by atoms with Crippen molar-refractivity contribution in [1.29, 1.82) is 0 Å². The van der Waals surface area contributed by atoms with Gasteiger partial charge in [0.2, 0.25) is 0 Å². The van der Waals surface area contributed by atoms with E-state index >= 15 is 0 Å². The maximum atomic E-state index is 10.9. The third kappa shape index (κ3) is 3.85. The molecule has 0 aromatic heterocycles. The Morgan fingerprint density at radius 2 is 1.89 bits per heavy atom. The minimum atomic E-state index is -0.903. The summed E-state index contributed by atoms with van der Waals surface area (Å²) >= 11 is 0. The van der Waals surface area contributed by atoms with Crippen molar-refractivity contribution in [3.05, 3.63) is 65.7 Å². The summed E-state index contributed by atoms with van der Waals surface area (Å²) < 4.78 is 0. The second-order valence-electron chi connectivity index (χ2n) is 4.62. The molecule has 0 radical (unpaired) electrons. The van der Waals surface area contributed by atoms with Crippen LogP contribution in [-0.2, 0) is 6.42 Å². The fourth-order valence-electron chi connectivity index (χ4n) is 2.05. The monoisotopic (exact) mass is 255 g/mol. The lowest BCUT2D eigenvalue weighted by molar-refractivity contribution is 0.0697. The number of hydrogen-bond acceptors (Lipinski definition) is 2. The third-order valence-electron chi connectivity index (χ3n) is 2.91. The van der Waals surface area contributed by atoms with E-state index in [4.69, 9.17) is 5.11 Å². The summed E-state index contributed by atoms with van der Waals surface area (Å²) in [4.78, 5) is 10.9. The molecule has 0 amide bonds. The largest absolute Gasteiger partial charge is 0.478 e. The molecule has 2 rings (SSSR count). The smallest absolute Gasteiger partial charge is 0.335 e. The Kier molecular flexibility index (Phi) is 4.18. The van der Waals surface area contributed by atoms with E-state index in [2.05, 4.69) is 24.4 Å². The van der Waals surface area contributed by atoms with E-state index in [1.54, 1.807) is 18.2 Å². The number of carbonyl (C=O) groups is 1. The molecule has 19 heavy (non-hydrogen) atoms. The molecule has 2 N–H and O–H groups in total. The van der Waals surface area contributed by atoms with Crippen molar-refractivity contribution in [3.63, 3.8) is 0 Å². The second-order valence-corrected chi connectivity index (χ2v) is 4.62. The zero-order valence-corrected chi connectivity index (χ0v) is 10.8. The Bertz CT molecular complexity index is 552. The summed E-state index contributed by atoms with van der Waals surface area (Å²) in [5.74, 6) is -0.903. The first-order valence-electron chi connectivity index (χ1n) is 6.29. The van der Waals surface area contributed by atoms with Crippen LogP contribution in [0.15, 0.2) is 54.6 Å². The number of aromatic carboxylic acids is 1. The molecule has 0 fully saturated rings. The number of benzene rings is 2. The lowest BCUT2D eigenvalue weighted by Gasteiger charge is -2.15. The summed E-state index contributed by atoms with van der Waals surface area (Å²) in [7, 11) is 0. The molecule has 0 saturated carbocycles. The van der Waals surface area contributed by atoms with Gasteiger partial charge in [-0.15, -0.1) is 0 Å². The van der Waals surface area contributed by atoms with Crippen molar-refractivity contribution in [2.24, 2.45) is 0 Å². The second kappa shape index (κ2) is 6.05. The molecule has 0 heterocycles. The normalized spacial score (nSPS) is 11.8. The zero-order valence-electron chi connectivity index (χ0n) is 10.8. The quantitative estimate of drug-likeness (QED) is 0.860. The maximum Gasteiger partial charge on any atom is 0.335 e. The highest BCUT2D eigenvalue weighted by Gasteiger charge is 2.06. The van der Waals surface area contributed by atoms with E-state index in [-0.39, 0.29) is 6.04 Å². The van der Waals surface area contributed by atoms with Crippen LogP contribution in [-0.4, -0.2) is 17.1 Å². The van der Waals surface area contributed by atoms with Gasteiger partial charge in [0.15, 0.2) is 0 Å². The lowest BCUT2D eigenvalue weighted by atomic mass is 10.1. The van der Waals surface area contributed by atoms with Crippen LogP contribution in [0.5, 0.6) is 0 Å². The molecule has 3 nitrogen and oxygen atoms in total.